The fourth-order valence-corrected chi connectivity index (χ4v) is 3.87. The van der Waals surface area contributed by atoms with E-state index in [4.69, 9.17) is 9.15 Å². The number of anilines is 2. The van der Waals surface area contributed by atoms with Crippen LogP contribution in [0.1, 0.15) is 29.4 Å². The Kier molecular flexibility index (Phi) is 5.80. The van der Waals surface area contributed by atoms with Crippen molar-refractivity contribution in [1.82, 2.24) is 0 Å². The molecule has 0 aliphatic carbocycles. The van der Waals surface area contributed by atoms with Crippen LogP contribution >= 0.6 is 0 Å². The second-order valence-electron chi connectivity index (χ2n) is 8.04. The van der Waals surface area contributed by atoms with Crippen molar-refractivity contribution in [1.29, 1.82) is 0 Å². The van der Waals surface area contributed by atoms with Crippen molar-refractivity contribution >= 4 is 17.3 Å². The van der Waals surface area contributed by atoms with E-state index in [0.29, 0.717) is 18.3 Å². The Morgan fingerprint density at radius 2 is 2.00 bits per heavy atom. The Balaban J connectivity index is 1.38. The Morgan fingerprint density at radius 1 is 1.19 bits per heavy atom. The predicted molar refractivity (Wildman–Crippen MR) is 121 cm³/mol. The van der Waals surface area contributed by atoms with Gasteiger partial charge in [-0.05, 0) is 56.0 Å². The van der Waals surface area contributed by atoms with Gasteiger partial charge in [0.1, 0.15) is 12.0 Å². The fraction of sp³-hybridized carbons (Fsp3) is 0.280. The third-order valence-electron chi connectivity index (χ3n) is 5.55. The number of amides is 1. The highest BCUT2D eigenvalue weighted by Gasteiger charge is 2.26. The summed E-state index contributed by atoms with van der Waals surface area (Å²) in [5, 5.41) is 2.81. The van der Waals surface area contributed by atoms with E-state index in [1.54, 1.807) is 0 Å². The molecule has 1 N–H and O–H groups in total. The maximum Gasteiger partial charge on any atom is 0.262 e. The molecule has 0 bridgehead atoms. The summed E-state index contributed by atoms with van der Waals surface area (Å²) >= 11 is 0. The number of aryl methyl sites for hydroxylation is 2. The van der Waals surface area contributed by atoms with Crippen molar-refractivity contribution in [2.45, 2.75) is 39.8 Å². The van der Waals surface area contributed by atoms with Crippen LogP contribution in [0.25, 0.3) is 0 Å². The number of hydrogen-bond acceptors (Lipinski definition) is 5. The highest BCUT2D eigenvalue weighted by atomic mass is 16.5. The SMILES string of the molecule is Cc1ccc(C)c(NC(=O)COc2coc(CN3c4ccccc4C[C@H]3C)cc2=O)c1. The van der Waals surface area contributed by atoms with Gasteiger partial charge in [-0.1, -0.05) is 30.3 Å². The normalized spacial score (nSPS) is 14.9. The molecule has 160 valence electrons. The number of ether oxygens (including phenoxy) is 1. The molecule has 0 saturated heterocycles. The van der Waals surface area contributed by atoms with Gasteiger partial charge in [0.15, 0.2) is 6.61 Å². The molecule has 6 heteroatoms. The Morgan fingerprint density at radius 3 is 2.81 bits per heavy atom. The molecule has 0 spiro atoms. The van der Waals surface area contributed by atoms with Crippen molar-refractivity contribution in [3.63, 3.8) is 0 Å². The fourth-order valence-electron chi connectivity index (χ4n) is 3.87. The predicted octanol–water partition coefficient (Wildman–Crippen LogP) is 4.23. The molecular formula is C25H26N2O4. The lowest BCUT2D eigenvalue weighted by molar-refractivity contribution is -0.118. The molecular weight excluding hydrogens is 392 g/mol. The van der Waals surface area contributed by atoms with Crippen LogP contribution in [-0.4, -0.2) is 18.6 Å². The van der Waals surface area contributed by atoms with Crippen LogP contribution < -0.4 is 20.4 Å². The zero-order valence-corrected chi connectivity index (χ0v) is 18.0. The third-order valence-corrected chi connectivity index (χ3v) is 5.55. The van der Waals surface area contributed by atoms with Gasteiger partial charge in [-0.3, -0.25) is 9.59 Å². The van der Waals surface area contributed by atoms with Crippen LogP contribution in [0.4, 0.5) is 11.4 Å². The first-order valence-electron chi connectivity index (χ1n) is 10.4. The van der Waals surface area contributed by atoms with Gasteiger partial charge in [-0.25, -0.2) is 0 Å². The number of para-hydroxylation sites is 1. The topological polar surface area (TPSA) is 71.8 Å². The lowest BCUT2D eigenvalue weighted by Crippen LogP contribution is -2.29. The minimum absolute atomic E-state index is 0.0229. The van der Waals surface area contributed by atoms with E-state index in [0.717, 1.165) is 23.2 Å². The van der Waals surface area contributed by atoms with Crippen LogP contribution in [-0.2, 0) is 17.8 Å². The molecule has 1 amide bonds. The van der Waals surface area contributed by atoms with E-state index in [1.165, 1.54) is 23.6 Å². The summed E-state index contributed by atoms with van der Waals surface area (Å²) in [5.74, 6) is 0.246. The maximum atomic E-state index is 12.5. The number of nitrogens with one attached hydrogen (secondary N) is 1. The number of rotatable bonds is 6. The largest absolute Gasteiger partial charge is 0.477 e. The van der Waals surface area contributed by atoms with Gasteiger partial charge >= 0.3 is 0 Å². The van der Waals surface area contributed by atoms with Crippen molar-refractivity contribution in [3.05, 3.63) is 87.5 Å². The molecule has 1 aromatic heterocycles. The highest BCUT2D eigenvalue weighted by Crippen LogP contribution is 2.33. The second kappa shape index (κ2) is 8.68. The van der Waals surface area contributed by atoms with Crippen molar-refractivity contribution in [2.75, 3.05) is 16.8 Å². The molecule has 6 nitrogen and oxygen atoms in total. The van der Waals surface area contributed by atoms with E-state index < -0.39 is 0 Å². The minimum atomic E-state index is -0.334. The van der Waals surface area contributed by atoms with Crippen molar-refractivity contribution in [3.8, 4) is 5.75 Å². The summed E-state index contributed by atoms with van der Waals surface area (Å²) in [6, 6.07) is 15.9. The van der Waals surface area contributed by atoms with Crippen LogP contribution in [0.2, 0.25) is 0 Å². The average molecular weight is 418 g/mol. The van der Waals surface area contributed by atoms with Crippen molar-refractivity contribution < 1.29 is 13.9 Å². The van der Waals surface area contributed by atoms with Crippen LogP contribution in [0, 0.1) is 13.8 Å². The zero-order valence-electron chi connectivity index (χ0n) is 18.0. The molecule has 1 atom stereocenters. The number of hydrogen-bond donors (Lipinski definition) is 1. The van der Waals surface area contributed by atoms with Gasteiger partial charge in [0, 0.05) is 23.5 Å². The average Bonchev–Trinajstić information content (AvgIpc) is 3.05. The quantitative estimate of drug-likeness (QED) is 0.649. The van der Waals surface area contributed by atoms with E-state index in [-0.39, 0.29) is 23.7 Å². The maximum absolute atomic E-state index is 12.5. The van der Waals surface area contributed by atoms with Gasteiger partial charge in [-0.15, -0.1) is 0 Å². The van der Waals surface area contributed by atoms with E-state index in [1.807, 2.05) is 44.2 Å². The van der Waals surface area contributed by atoms with Gasteiger partial charge in [0.05, 0.1) is 6.54 Å². The standard InChI is InChI=1S/C25H26N2O4/c1-16-8-9-17(2)21(10-16)26-25(29)15-31-24-14-30-20(12-23(24)28)13-27-18(3)11-19-6-4-5-7-22(19)27/h4-10,12,14,18H,11,13,15H2,1-3H3,(H,26,29)/t18-/m1/s1. The Hall–Kier alpha value is -3.54. The molecule has 31 heavy (non-hydrogen) atoms. The lowest BCUT2D eigenvalue weighted by Gasteiger charge is -2.24. The van der Waals surface area contributed by atoms with Gasteiger partial charge in [0.2, 0.25) is 11.2 Å². The summed E-state index contributed by atoms with van der Waals surface area (Å²) in [6.07, 6.45) is 2.26. The number of carbonyl (C=O) groups excluding carboxylic acids is 1. The molecule has 0 fully saturated rings. The lowest BCUT2D eigenvalue weighted by atomic mass is 10.1. The number of fused-ring (bicyclic) bond motifs is 1. The molecule has 1 aliphatic heterocycles. The van der Waals surface area contributed by atoms with Gasteiger partial charge < -0.3 is 19.4 Å². The summed E-state index contributed by atoms with van der Waals surface area (Å²) in [7, 11) is 0. The first kappa shape index (κ1) is 20.7. The molecule has 3 aromatic rings. The molecule has 1 aliphatic rings. The van der Waals surface area contributed by atoms with Crippen molar-refractivity contribution in [2.24, 2.45) is 0 Å². The number of nitrogens with zero attached hydrogens (tertiary/aromatic N) is 1. The molecule has 2 aromatic carbocycles. The van der Waals surface area contributed by atoms with Crippen LogP contribution in [0.5, 0.6) is 5.75 Å². The minimum Gasteiger partial charge on any atom is -0.477 e. The highest BCUT2D eigenvalue weighted by molar-refractivity contribution is 5.92. The van der Waals surface area contributed by atoms with E-state index in [2.05, 4.69) is 29.3 Å². The molecule has 0 unspecified atom stereocenters. The van der Waals surface area contributed by atoms with Crippen LogP contribution in [0.3, 0.4) is 0 Å². The van der Waals surface area contributed by atoms with E-state index >= 15 is 0 Å². The summed E-state index contributed by atoms with van der Waals surface area (Å²) in [4.78, 5) is 26.9. The smallest absolute Gasteiger partial charge is 0.262 e. The Labute approximate surface area is 181 Å². The first-order chi connectivity index (χ1) is 14.9. The Bertz CT molecular complexity index is 1170. The number of benzene rings is 2. The molecule has 2 heterocycles. The monoisotopic (exact) mass is 418 g/mol. The van der Waals surface area contributed by atoms with Gasteiger partial charge in [-0.2, -0.15) is 0 Å². The summed E-state index contributed by atoms with van der Waals surface area (Å²) in [5.41, 5.74) is 4.90. The second-order valence-corrected chi connectivity index (χ2v) is 8.04. The summed E-state index contributed by atoms with van der Waals surface area (Å²) in [6.45, 7) is 6.27. The molecule has 4 rings (SSSR count). The third kappa shape index (κ3) is 4.63. The summed E-state index contributed by atoms with van der Waals surface area (Å²) < 4.78 is 11.1. The van der Waals surface area contributed by atoms with Crippen LogP contribution in [0.15, 0.2) is 64.0 Å². The van der Waals surface area contributed by atoms with E-state index in [9.17, 15) is 9.59 Å². The number of carbonyl (C=O) groups is 1. The zero-order chi connectivity index (χ0) is 22.0. The van der Waals surface area contributed by atoms with Gasteiger partial charge in [0.25, 0.3) is 5.91 Å². The molecule has 0 saturated carbocycles. The first-order valence-corrected chi connectivity index (χ1v) is 10.4. The molecule has 0 radical (unpaired) electrons.